The van der Waals surface area contributed by atoms with Gasteiger partial charge in [-0.2, -0.15) is 0 Å². The molecular formula is C24H24N5O2P. The SMILES string of the molecule is C=CC(=O)Nc1ccc(-c2c(-c3ccc(P(C)(C)=O)cc3)c3c(N)ncnc3n2C)cc1. The third-order valence-electron chi connectivity index (χ3n) is 5.39. The van der Waals surface area contributed by atoms with E-state index in [0.717, 1.165) is 33.1 Å². The van der Waals surface area contributed by atoms with Gasteiger partial charge in [0.2, 0.25) is 5.91 Å². The molecule has 0 saturated heterocycles. The molecule has 4 rings (SSSR count). The van der Waals surface area contributed by atoms with Gasteiger partial charge in [-0.05, 0) is 42.7 Å². The van der Waals surface area contributed by atoms with Crippen molar-refractivity contribution >= 4 is 40.9 Å². The number of rotatable bonds is 5. The summed E-state index contributed by atoms with van der Waals surface area (Å²) in [5.41, 5.74) is 11.3. The molecule has 0 fully saturated rings. The summed E-state index contributed by atoms with van der Waals surface area (Å²) in [6.07, 6.45) is 2.68. The minimum Gasteiger partial charge on any atom is -0.383 e. The number of anilines is 2. The topological polar surface area (TPSA) is 103 Å². The first-order valence-corrected chi connectivity index (χ1v) is 12.6. The summed E-state index contributed by atoms with van der Waals surface area (Å²) in [6.45, 7) is 6.98. The lowest BCUT2D eigenvalue weighted by molar-refractivity contribution is -0.111. The van der Waals surface area contributed by atoms with Gasteiger partial charge in [0.15, 0.2) is 0 Å². The van der Waals surface area contributed by atoms with Gasteiger partial charge in [-0.15, -0.1) is 0 Å². The first-order chi connectivity index (χ1) is 15.2. The first-order valence-electron chi connectivity index (χ1n) is 9.99. The number of nitrogens with zero attached hydrogens (tertiary/aromatic N) is 3. The van der Waals surface area contributed by atoms with Gasteiger partial charge in [0.05, 0.1) is 11.1 Å². The zero-order chi connectivity index (χ0) is 23.0. The van der Waals surface area contributed by atoms with Gasteiger partial charge in [0.25, 0.3) is 0 Å². The van der Waals surface area contributed by atoms with Crippen molar-refractivity contribution < 1.29 is 9.36 Å². The average molecular weight is 445 g/mol. The van der Waals surface area contributed by atoms with E-state index in [1.54, 1.807) is 13.3 Å². The van der Waals surface area contributed by atoms with Crippen LogP contribution < -0.4 is 16.4 Å². The molecule has 0 atom stereocenters. The van der Waals surface area contributed by atoms with Crippen molar-refractivity contribution in [2.45, 2.75) is 0 Å². The molecule has 2 aromatic heterocycles. The summed E-state index contributed by atoms with van der Waals surface area (Å²) in [5.74, 6) is 0.123. The molecule has 32 heavy (non-hydrogen) atoms. The summed E-state index contributed by atoms with van der Waals surface area (Å²) in [5, 5.41) is 4.33. The van der Waals surface area contributed by atoms with Crippen LogP contribution in [0.3, 0.4) is 0 Å². The highest BCUT2D eigenvalue weighted by atomic mass is 31.2. The Morgan fingerprint density at radius 1 is 1.06 bits per heavy atom. The number of hydrogen-bond donors (Lipinski definition) is 2. The Morgan fingerprint density at radius 2 is 1.69 bits per heavy atom. The van der Waals surface area contributed by atoms with Crippen molar-refractivity contribution in [3.63, 3.8) is 0 Å². The molecule has 4 aromatic rings. The fourth-order valence-corrected chi connectivity index (χ4v) is 4.65. The Kier molecular flexibility index (Phi) is 5.45. The van der Waals surface area contributed by atoms with E-state index in [-0.39, 0.29) is 5.91 Å². The second kappa shape index (κ2) is 8.09. The molecule has 0 saturated carbocycles. The molecule has 162 valence electrons. The Labute approximate surface area is 186 Å². The van der Waals surface area contributed by atoms with Gasteiger partial charge < -0.3 is 20.2 Å². The van der Waals surface area contributed by atoms with Crippen molar-refractivity contribution in [2.75, 3.05) is 24.4 Å². The number of nitrogens with one attached hydrogen (secondary N) is 1. The van der Waals surface area contributed by atoms with E-state index in [1.165, 1.54) is 12.4 Å². The smallest absolute Gasteiger partial charge is 0.247 e. The lowest BCUT2D eigenvalue weighted by Gasteiger charge is -2.12. The maximum Gasteiger partial charge on any atom is 0.247 e. The summed E-state index contributed by atoms with van der Waals surface area (Å²) in [7, 11) is -0.436. The Bertz CT molecular complexity index is 1380. The third-order valence-corrected chi connectivity index (χ3v) is 6.93. The lowest BCUT2D eigenvalue weighted by Crippen LogP contribution is -2.06. The third kappa shape index (κ3) is 3.83. The first kappa shape index (κ1) is 21.5. The zero-order valence-corrected chi connectivity index (χ0v) is 19.1. The number of hydrogen-bond acceptors (Lipinski definition) is 5. The molecule has 0 aliphatic heterocycles. The van der Waals surface area contributed by atoms with Gasteiger partial charge in [0.1, 0.15) is 24.9 Å². The van der Waals surface area contributed by atoms with E-state index in [2.05, 4.69) is 21.9 Å². The molecule has 0 aliphatic rings. The maximum absolute atomic E-state index is 12.5. The quantitative estimate of drug-likeness (QED) is 0.353. The number of fused-ring (bicyclic) bond motifs is 1. The summed E-state index contributed by atoms with van der Waals surface area (Å²) in [4.78, 5) is 20.3. The molecule has 2 aromatic carbocycles. The Balaban J connectivity index is 1.93. The van der Waals surface area contributed by atoms with E-state index in [1.807, 2.05) is 60.1 Å². The van der Waals surface area contributed by atoms with Gasteiger partial charge >= 0.3 is 0 Å². The fourth-order valence-electron chi connectivity index (χ4n) is 3.79. The summed E-state index contributed by atoms with van der Waals surface area (Å²) < 4.78 is 14.5. The Hall–Kier alpha value is -3.70. The van der Waals surface area contributed by atoms with Crippen molar-refractivity contribution in [2.24, 2.45) is 7.05 Å². The van der Waals surface area contributed by atoms with Crippen molar-refractivity contribution in [3.05, 3.63) is 67.5 Å². The molecule has 2 heterocycles. The molecule has 8 heteroatoms. The molecule has 3 N–H and O–H groups in total. The predicted octanol–water partition coefficient (Wildman–Crippen LogP) is 4.26. The number of benzene rings is 2. The molecule has 7 nitrogen and oxygen atoms in total. The molecule has 0 spiro atoms. The predicted molar refractivity (Wildman–Crippen MR) is 132 cm³/mol. The molecule has 0 unspecified atom stereocenters. The second-order valence-electron chi connectivity index (χ2n) is 7.91. The number of carbonyl (C=O) groups excluding carboxylic acids is 1. The molecule has 1 amide bonds. The van der Waals surface area contributed by atoms with Crippen molar-refractivity contribution in [1.82, 2.24) is 14.5 Å². The lowest BCUT2D eigenvalue weighted by atomic mass is 9.98. The van der Waals surface area contributed by atoms with Crippen LogP contribution in [0.4, 0.5) is 11.5 Å². The monoisotopic (exact) mass is 445 g/mol. The standard InChI is InChI=1S/C24H24N5O2P/c1-5-19(30)28-17-10-6-16(7-11-17)22-20(15-8-12-18(13-9-15)32(3,4)31)21-23(25)26-14-27-24(21)29(22)2/h5-14H,1H2,2-4H3,(H,28,30)(H2,25,26,27). The number of carbonyl (C=O) groups is 1. The van der Waals surface area contributed by atoms with Crippen LogP contribution >= 0.6 is 7.14 Å². The van der Waals surface area contributed by atoms with Gasteiger partial charge in [-0.25, -0.2) is 9.97 Å². The van der Waals surface area contributed by atoms with Crippen LogP contribution in [-0.4, -0.2) is 33.8 Å². The van der Waals surface area contributed by atoms with Crippen molar-refractivity contribution in [1.29, 1.82) is 0 Å². The van der Waals surface area contributed by atoms with Crippen LogP contribution in [0.1, 0.15) is 0 Å². The maximum atomic E-state index is 12.5. The largest absolute Gasteiger partial charge is 0.383 e. The van der Waals surface area contributed by atoms with Gasteiger partial charge in [-0.1, -0.05) is 43.0 Å². The number of nitrogens with two attached hydrogens (primary N) is 1. The number of nitrogen functional groups attached to an aromatic ring is 1. The van der Waals surface area contributed by atoms with E-state index >= 15 is 0 Å². The summed E-state index contributed by atoms with van der Waals surface area (Å²) >= 11 is 0. The minimum atomic E-state index is -2.37. The highest BCUT2D eigenvalue weighted by Gasteiger charge is 2.22. The normalized spacial score (nSPS) is 11.5. The highest BCUT2D eigenvalue weighted by Crippen LogP contribution is 2.42. The van der Waals surface area contributed by atoms with E-state index in [0.29, 0.717) is 17.2 Å². The number of aromatic nitrogens is 3. The Morgan fingerprint density at radius 3 is 2.28 bits per heavy atom. The van der Waals surface area contributed by atoms with E-state index in [9.17, 15) is 9.36 Å². The molecule has 0 radical (unpaired) electrons. The van der Waals surface area contributed by atoms with Crippen molar-refractivity contribution in [3.8, 4) is 22.4 Å². The van der Waals surface area contributed by atoms with E-state index in [4.69, 9.17) is 5.73 Å². The highest BCUT2D eigenvalue weighted by molar-refractivity contribution is 7.70. The average Bonchev–Trinajstić information content (AvgIpc) is 3.07. The molecule has 0 aliphatic carbocycles. The van der Waals surface area contributed by atoms with Crippen LogP contribution in [0.2, 0.25) is 0 Å². The zero-order valence-electron chi connectivity index (χ0n) is 18.2. The van der Waals surface area contributed by atoms with Crippen LogP contribution in [-0.2, 0) is 16.4 Å². The second-order valence-corrected chi connectivity index (χ2v) is 11.1. The summed E-state index contributed by atoms with van der Waals surface area (Å²) in [6, 6.07) is 15.2. The minimum absolute atomic E-state index is 0.268. The van der Waals surface area contributed by atoms with Crippen LogP contribution in [0.15, 0.2) is 67.5 Å². The van der Waals surface area contributed by atoms with E-state index < -0.39 is 7.14 Å². The molecular weight excluding hydrogens is 421 g/mol. The van der Waals surface area contributed by atoms with Crippen LogP contribution in [0.25, 0.3) is 33.4 Å². The van der Waals surface area contributed by atoms with Crippen LogP contribution in [0.5, 0.6) is 0 Å². The number of aryl methyl sites for hydroxylation is 1. The van der Waals surface area contributed by atoms with Gasteiger partial charge in [0, 0.05) is 23.6 Å². The number of amides is 1. The van der Waals surface area contributed by atoms with Gasteiger partial charge in [-0.3, -0.25) is 4.79 Å². The fraction of sp³-hybridized carbons (Fsp3) is 0.125. The molecule has 0 bridgehead atoms. The van der Waals surface area contributed by atoms with Crippen LogP contribution in [0, 0.1) is 0 Å².